The number of ether oxygens (including phenoxy) is 3. The van der Waals surface area contributed by atoms with Crippen LogP contribution in [0.1, 0.15) is 5.76 Å². The van der Waals surface area contributed by atoms with Crippen molar-refractivity contribution in [3.05, 3.63) is 42.2 Å². The highest BCUT2D eigenvalue weighted by molar-refractivity contribution is 6.05. The number of nitrogens with zero attached hydrogens (tertiary/aromatic N) is 2. The van der Waals surface area contributed by atoms with E-state index in [0.717, 1.165) is 0 Å². The molecule has 4 atom stereocenters. The summed E-state index contributed by atoms with van der Waals surface area (Å²) in [5.74, 6) is 0.574. The van der Waals surface area contributed by atoms with Crippen LogP contribution in [-0.2, 0) is 14.3 Å². The standard InChI is InChI=1S/C20H17N3O6/c1-10-6-15(22-29-10)23-8-20-5-4-13(28-20)16(17(20)19(23)25)18(24)21-11-2-3-12-14(7-11)27-9-26-12/h2-7,13,16-17H,8-9H2,1H3,(H,21,24)/t13-,16-,17+,20+/m1/s1. The van der Waals surface area contributed by atoms with Crippen molar-refractivity contribution in [1.82, 2.24) is 5.16 Å². The number of rotatable bonds is 3. The maximum absolute atomic E-state index is 13.2. The zero-order valence-corrected chi connectivity index (χ0v) is 15.5. The van der Waals surface area contributed by atoms with E-state index < -0.39 is 23.5 Å². The smallest absolute Gasteiger partial charge is 0.235 e. The molecule has 1 aromatic heterocycles. The molecule has 9 nitrogen and oxygen atoms in total. The summed E-state index contributed by atoms with van der Waals surface area (Å²) in [7, 11) is 0. The lowest BCUT2D eigenvalue weighted by Gasteiger charge is -2.23. The Kier molecular flexibility index (Phi) is 3.21. The van der Waals surface area contributed by atoms with E-state index in [2.05, 4.69) is 10.5 Å². The van der Waals surface area contributed by atoms with E-state index in [9.17, 15) is 9.59 Å². The molecule has 2 aromatic rings. The number of fused-ring (bicyclic) bond motifs is 2. The lowest BCUT2D eigenvalue weighted by molar-refractivity contribution is -0.128. The maximum atomic E-state index is 13.2. The number of carbonyl (C=O) groups is 2. The lowest BCUT2D eigenvalue weighted by Crippen LogP contribution is -2.41. The molecule has 9 heteroatoms. The van der Waals surface area contributed by atoms with Crippen molar-refractivity contribution in [2.45, 2.75) is 18.6 Å². The van der Waals surface area contributed by atoms with Gasteiger partial charge in [0.25, 0.3) is 0 Å². The molecule has 0 radical (unpaired) electrons. The van der Waals surface area contributed by atoms with E-state index in [0.29, 0.717) is 35.3 Å². The normalized spacial score (nSPS) is 30.9. The molecule has 0 aliphatic carbocycles. The van der Waals surface area contributed by atoms with E-state index in [1.807, 2.05) is 12.2 Å². The van der Waals surface area contributed by atoms with Crippen molar-refractivity contribution >= 4 is 23.3 Å². The monoisotopic (exact) mass is 395 g/mol. The minimum atomic E-state index is -0.814. The van der Waals surface area contributed by atoms with Crippen LogP contribution in [0.4, 0.5) is 11.5 Å². The van der Waals surface area contributed by atoms with Crippen LogP contribution in [0.5, 0.6) is 11.5 Å². The molecule has 2 amide bonds. The molecular formula is C20H17N3O6. The summed E-state index contributed by atoms with van der Waals surface area (Å²) in [5.41, 5.74) is -0.236. The van der Waals surface area contributed by atoms with Crippen LogP contribution in [-0.4, -0.2) is 42.0 Å². The highest BCUT2D eigenvalue weighted by Gasteiger charge is 2.67. The molecule has 1 spiro atoms. The van der Waals surface area contributed by atoms with Crippen LogP contribution < -0.4 is 19.7 Å². The SMILES string of the molecule is Cc1cc(N2C[C@]34C=C[C@@H](O3)[C@@H](C(=O)Nc3ccc5c(c3)OCO5)[C@H]4C2=O)no1. The molecule has 29 heavy (non-hydrogen) atoms. The minimum Gasteiger partial charge on any atom is -0.454 e. The molecule has 4 aliphatic rings. The van der Waals surface area contributed by atoms with Gasteiger partial charge in [-0.25, -0.2) is 0 Å². The fourth-order valence-corrected chi connectivity index (χ4v) is 4.67. The first-order valence-corrected chi connectivity index (χ1v) is 9.36. The first-order chi connectivity index (χ1) is 14.0. The van der Waals surface area contributed by atoms with Crippen LogP contribution in [0.25, 0.3) is 0 Å². The molecule has 1 N–H and O–H groups in total. The van der Waals surface area contributed by atoms with Gasteiger partial charge in [0, 0.05) is 17.8 Å². The fourth-order valence-electron chi connectivity index (χ4n) is 4.67. The zero-order chi connectivity index (χ0) is 19.8. The molecule has 4 aliphatic heterocycles. The van der Waals surface area contributed by atoms with E-state index >= 15 is 0 Å². The second-order valence-electron chi connectivity index (χ2n) is 7.68. The Bertz CT molecular complexity index is 1080. The quantitative estimate of drug-likeness (QED) is 0.788. The Labute approximate surface area is 165 Å². The number of anilines is 2. The molecule has 6 rings (SSSR count). The molecular weight excluding hydrogens is 378 g/mol. The van der Waals surface area contributed by atoms with Crippen LogP contribution in [0.15, 0.2) is 40.9 Å². The van der Waals surface area contributed by atoms with E-state index in [4.69, 9.17) is 18.7 Å². The minimum absolute atomic E-state index is 0.159. The summed E-state index contributed by atoms with van der Waals surface area (Å²) in [6.45, 7) is 2.23. The average Bonchev–Trinajstić information content (AvgIpc) is 3.49. The van der Waals surface area contributed by atoms with Crippen LogP contribution in [0, 0.1) is 18.8 Å². The van der Waals surface area contributed by atoms with Gasteiger partial charge in [-0.1, -0.05) is 17.3 Å². The van der Waals surface area contributed by atoms with Gasteiger partial charge in [-0.05, 0) is 19.1 Å². The summed E-state index contributed by atoms with van der Waals surface area (Å²) in [6.07, 6.45) is 3.34. The molecule has 2 bridgehead atoms. The predicted octanol–water partition coefficient (Wildman–Crippen LogP) is 1.64. The number of nitrogens with one attached hydrogen (secondary N) is 1. The van der Waals surface area contributed by atoms with Gasteiger partial charge >= 0.3 is 0 Å². The predicted molar refractivity (Wildman–Crippen MR) is 98.5 cm³/mol. The van der Waals surface area contributed by atoms with Gasteiger partial charge in [0.2, 0.25) is 18.6 Å². The first-order valence-electron chi connectivity index (χ1n) is 9.36. The maximum Gasteiger partial charge on any atom is 0.235 e. The second kappa shape index (κ2) is 5.60. The van der Waals surface area contributed by atoms with Crippen LogP contribution in [0.2, 0.25) is 0 Å². The van der Waals surface area contributed by atoms with Crippen LogP contribution in [0.3, 0.4) is 0 Å². The number of benzene rings is 1. The van der Waals surface area contributed by atoms with Gasteiger partial charge in [0.05, 0.1) is 24.5 Å². The third-order valence-electron chi connectivity index (χ3n) is 5.94. The Morgan fingerprint density at radius 1 is 1.28 bits per heavy atom. The van der Waals surface area contributed by atoms with Crippen LogP contribution >= 0.6 is 0 Å². The summed E-state index contributed by atoms with van der Waals surface area (Å²) in [5, 5.41) is 6.84. The summed E-state index contributed by atoms with van der Waals surface area (Å²) in [4.78, 5) is 27.9. The van der Waals surface area contributed by atoms with Gasteiger partial charge in [-0.3, -0.25) is 14.5 Å². The molecule has 5 heterocycles. The van der Waals surface area contributed by atoms with E-state index in [1.165, 1.54) is 4.90 Å². The van der Waals surface area contributed by atoms with Gasteiger partial charge < -0.3 is 24.1 Å². The van der Waals surface area contributed by atoms with Crippen molar-refractivity contribution in [3.8, 4) is 11.5 Å². The summed E-state index contributed by atoms with van der Waals surface area (Å²) in [6, 6.07) is 6.90. The molecule has 1 aromatic carbocycles. The van der Waals surface area contributed by atoms with Gasteiger partial charge in [-0.2, -0.15) is 0 Å². The Morgan fingerprint density at radius 2 is 2.14 bits per heavy atom. The van der Waals surface area contributed by atoms with Crippen molar-refractivity contribution < 1.29 is 28.3 Å². The largest absolute Gasteiger partial charge is 0.454 e. The fraction of sp³-hybridized carbons (Fsp3) is 0.350. The Balaban J connectivity index is 1.28. The number of hydrogen-bond acceptors (Lipinski definition) is 7. The van der Waals surface area contributed by atoms with E-state index in [-0.39, 0.29) is 18.6 Å². The summed E-state index contributed by atoms with van der Waals surface area (Å²) >= 11 is 0. The van der Waals surface area contributed by atoms with Gasteiger partial charge in [0.1, 0.15) is 11.4 Å². The van der Waals surface area contributed by atoms with Crippen molar-refractivity contribution in [1.29, 1.82) is 0 Å². The molecule has 0 saturated carbocycles. The number of aromatic nitrogens is 1. The van der Waals surface area contributed by atoms with Crippen molar-refractivity contribution in [3.63, 3.8) is 0 Å². The third-order valence-corrected chi connectivity index (χ3v) is 5.94. The van der Waals surface area contributed by atoms with Crippen molar-refractivity contribution in [2.24, 2.45) is 11.8 Å². The topological polar surface area (TPSA) is 103 Å². The lowest BCUT2D eigenvalue weighted by atomic mass is 9.77. The van der Waals surface area contributed by atoms with E-state index in [1.54, 1.807) is 31.2 Å². The number of carbonyl (C=O) groups excluding carboxylic acids is 2. The first kappa shape index (κ1) is 16.6. The highest BCUT2D eigenvalue weighted by Crippen LogP contribution is 2.52. The third kappa shape index (κ3) is 2.27. The number of aryl methyl sites for hydroxylation is 1. The summed E-state index contributed by atoms with van der Waals surface area (Å²) < 4.78 is 21.9. The van der Waals surface area contributed by atoms with Crippen molar-refractivity contribution in [2.75, 3.05) is 23.6 Å². The molecule has 148 valence electrons. The van der Waals surface area contributed by atoms with Gasteiger partial charge in [0.15, 0.2) is 17.3 Å². The Morgan fingerprint density at radius 3 is 2.97 bits per heavy atom. The van der Waals surface area contributed by atoms with Gasteiger partial charge in [-0.15, -0.1) is 0 Å². The average molecular weight is 395 g/mol. The molecule has 2 saturated heterocycles. The number of hydrogen-bond donors (Lipinski definition) is 1. The Hall–Kier alpha value is -3.33. The molecule has 2 fully saturated rings. The second-order valence-corrected chi connectivity index (χ2v) is 7.68. The number of amides is 2. The highest BCUT2D eigenvalue weighted by atomic mass is 16.7. The molecule has 0 unspecified atom stereocenters. The zero-order valence-electron chi connectivity index (χ0n) is 15.5.